The van der Waals surface area contributed by atoms with Crippen molar-refractivity contribution in [2.45, 2.75) is 38.5 Å². The molecule has 1 aliphatic heterocycles. The molecule has 0 aliphatic carbocycles. The van der Waals surface area contributed by atoms with Crippen LogP contribution in [0.25, 0.3) is 0 Å². The van der Waals surface area contributed by atoms with Gasteiger partial charge in [-0.05, 0) is 18.9 Å². The Bertz CT molecular complexity index is 724. The molecule has 2 N–H and O–H groups in total. The molecule has 2 rings (SSSR count). The maximum Gasteiger partial charge on any atom is 0.407 e. The fraction of sp³-hybridized carbons (Fsp3) is 0.500. The van der Waals surface area contributed by atoms with Gasteiger partial charge in [-0.25, -0.2) is 4.79 Å². The van der Waals surface area contributed by atoms with Crippen LogP contribution < -0.4 is 5.32 Å². The van der Waals surface area contributed by atoms with Crippen LogP contribution in [0, 0.1) is 5.92 Å². The second-order valence-electron chi connectivity index (χ2n) is 6.92. The molecule has 1 aliphatic rings. The van der Waals surface area contributed by atoms with Crippen LogP contribution in [0.5, 0.6) is 0 Å². The summed E-state index contributed by atoms with van der Waals surface area (Å²) in [4.78, 5) is 48.5. The lowest BCUT2D eigenvalue weighted by Crippen LogP contribution is -2.56. The summed E-state index contributed by atoms with van der Waals surface area (Å²) in [7, 11) is 1.47. The first-order chi connectivity index (χ1) is 13.8. The van der Waals surface area contributed by atoms with Crippen LogP contribution >= 0.6 is 0 Å². The number of methoxy groups -OCH3 is 1. The number of nitrogens with zero attached hydrogens (tertiary/aromatic N) is 1. The molecular formula is C20H26N2O7. The number of benzene rings is 1. The van der Waals surface area contributed by atoms with Crippen molar-refractivity contribution in [1.29, 1.82) is 0 Å². The Balaban J connectivity index is 1.86. The molecule has 1 aromatic carbocycles. The number of hydrogen-bond acceptors (Lipinski definition) is 6. The minimum Gasteiger partial charge on any atom is -0.481 e. The topological polar surface area (TPSA) is 122 Å². The third-order valence-electron chi connectivity index (χ3n) is 4.90. The summed E-state index contributed by atoms with van der Waals surface area (Å²) in [6.45, 7) is 1.79. The van der Waals surface area contributed by atoms with E-state index in [1.165, 1.54) is 12.0 Å². The number of aliphatic carboxylic acids is 1. The van der Waals surface area contributed by atoms with Crippen molar-refractivity contribution in [1.82, 2.24) is 10.2 Å². The monoisotopic (exact) mass is 406 g/mol. The van der Waals surface area contributed by atoms with Gasteiger partial charge in [0.15, 0.2) is 0 Å². The zero-order chi connectivity index (χ0) is 21.4. The van der Waals surface area contributed by atoms with Crippen molar-refractivity contribution >= 4 is 23.8 Å². The SMILES string of the molecule is COC1CN(C(=O)CC(C(C)=O)C(=O)O)CCC1NC(=O)OCc1ccccc1. The van der Waals surface area contributed by atoms with E-state index in [1.807, 2.05) is 30.3 Å². The number of ether oxygens (including phenoxy) is 2. The van der Waals surface area contributed by atoms with Gasteiger partial charge in [-0.1, -0.05) is 30.3 Å². The molecular weight excluding hydrogens is 380 g/mol. The van der Waals surface area contributed by atoms with Gasteiger partial charge in [0.1, 0.15) is 18.3 Å². The molecule has 3 unspecified atom stereocenters. The summed E-state index contributed by atoms with van der Waals surface area (Å²) in [5, 5.41) is 11.8. The summed E-state index contributed by atoms with van der Waals surface area (Å²) >= 11 is 0. The van der Waals surface area contributed by atoms with Crippen LogP contribution in [-0.4, -0.2) is 66.1 Å². The molecule has 1 saturated heterocycles. The fourth-order valence-corrected chi connectivity index (χ4v) is 3.17. The number of carbonyl (C=O) groups excluding carboxylic acids is 3. The van der Waals surface area contributed by atoms with E-state index in [-0.39, 0.29) is 19.2 Å². The van der Waals surface area contributed by atoms with Crippen molar-refractivity contribution in [3.63, 3.8) is 0 Å². The van der Waals surface area contributed by atoms with Gasteiger partial charge in [0.2, 0.25) is 5.91 Å². The van der Waals surface area contributed by atoms with Crippen molar-refractivity contribution in [2.75, 3.05) is 20.2 Å². The Morgan fingerprint density at radius 2 is 1.93 bits per heavy atom. The molecule has 1 aromatic rings. The molecule has 1 heterocycles. The van der Waals surface area contributed by atoms with Crippen LogP contribution in [0.3, 0.4) is 0 Å². The number of hydrogen-bond donors (Lipinski definition) is 2. The first-order valence-electron chi connectivity index (χ1n) is 9.32. The lowest BCUT2D eigenvalue weighted by atomic mass is 9.97. The van der Waals surface area contributed by atoms with Crippen LogP contribution in [0.15, 0.2) is 30.3 Å². The summed E-state index contributed by atoms with van der Waals surface area (Å²) in [6.07, 6.45) is -1.03. The van der Waals surface area contributed by atoms with Crippen molar-refractivity contribution in [3.8, 4) is 0 Å². The van der Waals surface area contributed by atoms with E-state index in [0.717, 1.165) is 12.5 Å². The van der Waals surface area contributed by atoms with Gasteiger partial charge in [0, 0.05) is 26.6 Å². The van der Waals surface area contributed by atoms with Crippen LogP contribution in [-0.2, 0) is 30.5 Å². The average Bonchev–Trinajstić information content (AvgIpc) is 2.70. The zero-order valence-corrected chi connectivity index (χ0v) is 16.5. The predicted molar refractivity (Wildman–Crippen MR) is 102 cm³/mol. The molecule has 29 heavy (non-hydrogen) atoms. The lowest BCUT2D eigenvalue weighted by molar-refractivity contribution is -0.150. The number of carboxylic acid groups (broad SMARTS) is 1. The van der Waals surface area contributed by atoms with E-state index < -0.39 is 42.2 Å². The number of alkyl carbamates (subject to hydrolysis) is 1. The van der Waals surface area contributed by atoms with Gasteiger partial charge in [-0.2, -0.15) is 0 Å². The molecule has 0 spiro atoms. The third-order valence-corrected chi connectivity index (χ3v) is 4.90. The van der Waals surface area contributed by atoms with E-state index >= 15 is 0 Å². The van der Waals surface area contributed by atoms with E-state index in [2.05, 4.69) is 5.32 Å². The molecule has 3 atom stereocenters. The highest BCUT2D eigenvalue weighted by Crippen LogP contribution is 2.17. The molecule has 158 valence electrons. The molecule has 9 heteroatoms. The molecule has 1 fully saturated rings. The number of nitrogens with one attached hydrogen (secondary N) is 1. The summed E-state index contributed by atoms with van der Waals surface area (Å²) in [5.74, 6) is -3.66. The van der Waals surface area contributed by atoms with Gasteiger partial charge in [0.05, 0.1) is 12.1 Å². The zero-order valence-electron chi connectivity index (χ0n) is 16.5. The molecule has 0 aromatic heterocycles. The summed E-state index contributed by atoms with van der Waals surface area (Å²) in [5.41, 5.74) is 0.866. The van der Waals surface area contributed by atoms with Gasteiger partial charge >= 0.3 is 12.1 Å². The Labute approximate surface area is 169 Å². The van der Waals surface area contributed by atoms with Gasteiger partial charge in [0.25, 0.3) is 0 Å². The Morgan fingerprint density at radius 1 is 1.24 bits per heavy atom. The highest BCUT2D eigenvalue weighted by molar-refractivity contribution is 6.00. The highest BCUT2D eigenvalue weighted by Gasteiger charge is 2.35. The van der Waals surface area contributed by atoms with Crippen molar-refractivity contribution in [3.05, 3.63) is 35.9 Å². The Kier molecular flexibility index (Phi) is 8.14. The number of carboxylic acids is 1. The van der Waals surface area contributed by atoms with Gasteiger partial charge in [-0.3, -0.25) is 14.4 Å². The number of amides is 2. The minimum absolute atomic E-state index is 0.142. The number of ketones is 1. The Hall–Kier alpha value is -2.94. The largest absolute Gasteiger partial charge is 0.481 e. The van der Waals surface area contributed by atoms with Crippen molar-refractivity contribution in [2.24, 2.45) is 5.92 Å². The first kappa shape index (κ1) is 22.4. The maximum absolute atomic E-state index is 12.4. The summed E-state index contributed by atoms with van der Waals surface area (Å²) < 4.78 is 10.6. The standard InChI is InChI=1S/C20H26N2O7/c1-13(23)15(19(25)26)10-18(24)22-9-8-16(17(11-22)28-2)21-20(27)29-12-14-6-4-3-5-7-14/h3-7,15-17H,8-12H2,1-2H3,(H,21,27)(H,25,26). The molecule has 9 nitrogen and oxygen atoms in total. The van der Waals surface area contributed by atoms with Crippen LogP contribution in [0.1, 0.15) is 25.3 Å². The Morgan fingerprint density at radius 3 is 2.52 bits per heavy atom. The molecule has 2 amide bonds. The molecule has 0 saturated carbocycles. The third kappa shape index (κ3) is 6.56. The normalized spacial score (nSPS) is 19.9. The number of rotatable bonds is 8. The highest BCUT2D eigenvalue weighted by atomic mass is 16.5. The van der Waals surface area contributed by atoms with E-state index in [0.29, 0.717) is 13.0 Å². The second kappa shape index (κ2) is 10.6. The van der Waals surface area contributed by atoms with Crippen LogP contribution in [0.2, 0.25) is 0 Å². The minimum atomic E-state index is -1.35. The van der Waals surface area contributed by atoms with E-state index in [9.17, 15) is 19.2 Å². The van der Waals surface area contributed by atoms with E-state index in [4.69, 9.17) is 14.6 Å². The predicted octanol–water partition coefficient (Wildman–Crippen LogP) is 1.21. The number of likely N-dealkylation sites (tertiary alicyclic amines) is 1. The van der Waals surface area contributed by atoms with Crippen LogP contribution in [0.4, 0.5) is 4.79 Å². The van der Waals surface area contributed by atoms with E-state index in [1.54, 1.807) is 0 Å². The van der Waals surface area contributed by atoms with Gasteiger partial charge < -0.3 is 24.8 Å². The average molecular weight is 406 g/mol. The number of carbonyl (C=O) groups is 4. The first-order valence-corrected chi connectivity index (χ1v) is 9.32. The second-order valence-corrected chi connectivity index (χ2v) is 6.92. The molecule has 0 bridgehead atoms. The summed E-state index contributed by atoms with van der Waals surface area (Å²) in [6, 6.07) is 8.92. The lowest BCUT2D eigenvalue weighted by Gasteiger charge is -2.38. The number of Topliss-reactive ketones (excluding diaryl/α,β-unsaturated/α-hetero) is 1. The van der Waals surface area contributed by atoms with Crippen molar-refractivity contribution < 1.29 is 33.8 Å². The fourth-order valence-electron chi connectivity index (χ4n) is 3.17. The molecule has 0 radical (unpaired) electrons. The number of piperidine rings is 1. The quantitative estimate of drug-likeness (QED) is 0.622. The smallest absolute Gasteiger partial charge is 0.407 e. The van der Waals surface area contributed by atoms with Gasteiger partial charge in [-0.15, -0.1) is 0 Å². The maximum atomic E-state index is 12.4.